The van der Waals surface area contributed by atoms with Crippen molar-refractivity contribution >= 4 is 15.9 Å². The van der Waals surface area contributed by atoms with Gasteiger partial charge >= 0.3 is 0 Å². The molecule has 1 aliphatic heterocycles. The van der Waals surface area contributed by atoms with E-state index in [2.05, 4.69) is 15.9 Å². The van der Waals surface area contributed by atoms with Crippen molar-refractivity contribution in [1.29, 1.82) is 0 Å². The Bertz CT molecular complexity index is 113. The average molecular weight is 237 g/mol. The number of halogens is 1. The molecule has 2 unspecified atom stereocenters. The van der Waals surface area contributed by atoms with Crippen LogP contribution >= 0.6 is 15.9 Å². The Morgan fingerprint density at radius 3 is 3.00 bits per heavy atom. The molecule has 0 saturated carbocycles. The molecule has 1 aliphatic rings. The highest BCUT2D eigenvalue weighted by Crippen LogP contribution is 2.20. The standard InChI is InChI=1S/C9H17BrO2/c1-2-11-9(10)7-8-5-3-4-6-12-8/h8-9H,2-7H2,1H3. The second-order valence-electron chi connectivity index (χ2n) is 3.09. The Labute approximate surface area is 82.7 Å². The largest absolute Gasteiger partial charge is 0.378 e. The van der Waals surface area contributed by atoms with Crippen molar-refractivity contribution in [3.8, 4) is 0 Å². The van der Waals surface area contributed by atoms with Crippen LogP contribution in [0.1, 0.15) is 32.6 Å². The van der Waals surface area contributed by atoms with Gasteiger partial charge < -0.3 is 9.47 Å². The smallest absolute Gasteiger partial charge is 0.114 e. The van der Waals surface area contributed by atoms with Crippen molar-refractivity contribution in [3.05, 3.63) is 0 Å². The topological polar surface area (TPSA) is 18.5 Å². The first-order valence-electron chi connectivity index (χ1n) is 4.70. The first kappa shape index (κ1) is 10.5. The van der Waals surface area contributed by atoms with Crippen molar-refractivity contribution in [2.24, 2.45) is 0 Å². The monoisotopic (exact) mass is 236 g/mol. The molecular formula is C9H17BrO2. The van der Waals surface area contributed by atoms with Crippen LogP contribution in [0.2, 0.25) is 0 Å². The summed E-state index contributed by atoms with van der Waals surface area (Å²) in [5.41, 5.74) is 0. The third kappa shape index (κ3) is 3.87. The van der Waals surface area contributed by atoms with Gasteiger partial charge in [-0.2, -0.15) is 0 Å². The molecule has 0 aromatic heterocycles. The molecule has 1 heterocycles. The second-order valence-corrected chi connectivity index (χ2v) is 4.11. The van der Waals surface area contributed by atoms with E-state index in [4.69, 9.17) is 9.47 Å². The van der Waals surface area contributed by atoms with E-state index in [0.29, 0.717) is 6.10 Å². The van der Waals surface area contributed by atoms with Gasteiger partial charge in [-0.25, -0.2) is 0 Å². The van der Waals surface area contributed by atoms with Gasteiger partial charge in [0, 0.05) is 19.6 Å². The van der Waals surface area contributed by atoms with Crippen molar-refractivity contribution in [2.75, 3.05) is 13.2 Å². The lowest BCUT2D eigenvalue weighted by atomic mass is 10.1. The van der Waals surface area contributed by atoms with Gasteiger partial charge in [0.05, 0.1) is 6.10 Å². The fraction of sp³-hybridized carbons (Fsp3) is 1.00. The maximum atomic E-state index is 5.58. The molecule has 1 fully saturated rings. The highest BCUT2D eigenvalue weighted by atomic mass is 79.9. The molecule has 0 aliphatic carbocycles. The third-order valence-corrected chi connectivity index (χ3v) is 2.71. The molecule has 1 saturated heterocycles. The summed E-state index contributed by atoms with van der Waals surface area (Å²) in [7, 11) is 0. The Morgan fingerprint density at radius 2 is 2.42 bits per heavy atom. The average Bonchev–Trinajstić information content (AvgIpc) is 2.06. The van der Waals surface area contributed by atoms with E-state index in [9.17, 15) is 0 Å². The van der Waals surface area contributed by atoms with Crippen LogP contribution in [0.4, 0.5) is 0 Å². The lowest BCUT2D eigenvalue weighted by Gasteiger charge is -2.24. The normalized spacial score (nSPS) is 27.0. The molecule has 0 N–H and O–H groups in total. The Hall–Kier alpha value is 0.400. The summed E-state index contributed by atoms with van der Waals surface area (Å²) in [6, 6.07) is 0. The van der Waals surface area contributed by atoms with E-state index in [1.165, 1.54) is 19.3 Å². The Balaban J connectivity index is 2.11. The number of alkyl halides is 1. The molecule has 3 heteroatoms. The van der Waals surface area contributed by atoms with Crippen molar-refractivity contribution in [1.82, 2.24) is 0 Å². The number of rotatable bonds is 4. The van der Waals surface area contributed by atoms with Gasteiger partial charge in [0.2, 0.25) is 0 Å². The van der Waals surface area contributed by atoms with E-state index in [1.54, 1.807) is 0 Å². The quantitative estimate of drug-likeness (QED) is 0.700. The summed E-state index contributed by atoms with van der Waals surface area (Å²) >= 11 is 3.47. The fourth-order valence-electron chi connectivity index (χ4n) is 1.45. The van der Waals surface area contributed by atoms with E-state index >= 15 is 0 Å². The molecule has 1 rings (SSSR count). The van der Waals surface area contributed by atoms with Gasteiger partial charge in [-0.15, -0.1) is 0 Å². The van der Waals surface area contributed by atoms with Gasteiger partial charge in [-0.1, -0.05) is 15.9 Å². The maximum absolute atomic E-state index is 5.58. The summed E-state index contributed by atoms with van der Waals surface area (Å²) in [5, 5.41) is 0.172. The van der Waals surface area contributed by atoms with Crippen LogP contribution in [0.3, 0.4) is 0 Å². The zero-order valence-electron chi connectivity index (χ0n) is 7.59. The zero-order chi connectivity index (χ0) is 8.81. The predicted octanol–water partition coefficient (Wildman–Crippen LogP) is 2.70. The first-order valence-corrected chi connectivity index (χ1v) is 5.61. The summed E-state index contributed by atoms with van der Waals surface area (Å²) < 4.78 is 11.0. The van der Waals surface area contributed by atoms with Crippen LogP contribution in [0.25, 0.3) is 0 Å². The molecule has 12 heavy (non-hydrogen) atoms. The minimum absolute atomic E-state index is 0.172. The molecule has 0 bridgehead atoms. The zero-order valence-corrected chi connectivity index (χ0v) is 9.18. The molecule has 0 spiro atoms. The van der Waals surface area contributed by atoms with E-state index in [0.717, 1.165) is 19.6 Å². The number of ether oxygens (including phenoxy) is 2. The van der Waals surface area contributed by atoms with E-state index < -0.39 is 0 Å². The van der Waals surface area contributed by atoms with Gasteiger partial charge in [-0.3, -0.25) is 0 Å². The van der Waals surface area contributed by atoms with Crippen LogP contribution in [-0.4, -0.2) is 24.3 Å². The third-order valence-electron chi connectivity index (χ3n) is 2.07. The van der Waals surface area contributed by atoms with E-state index in [-0.39, 0.29) is 5.01 Å². The number of hydrogen-bond acceptors (Lipinski definition) is 2. The highest BCUT2D eigenvalue weighted by molar-refractivity contribution is 9.09. The molecule has 0 amide bonds. The lowest BCUT2D eigenvalue weighted by molar-refractivity contribution is -0.0117. The summed E-state index contributed by atoms with van der Waals surface area (Å²) in [5.74, 6) is 0. The minimum Gasteiger partial charge on any atom is -0.378 e. The fourth-order valence-corrected chi connectivity index (χ4v) is 2.13. The predicted molar refractivity (Wildman–Crippen MR) is 52.5 cm³/mol. The van der Waals surface area contributed by atoms with Gasteiger partial charge in [0.1, 0.15) is 5.01 Å². The number of hydrogen-bond donors (Lipinski definition) is 0. The van der Waals surface area contributed by atoms with Crippen molar-refractivity contribution in [3.63, 3.8) is 0 Å². The maximum Gasteiger partial charge on any atom is 0.114 e. The molecule has 0 radical (unpaired) electrons. The summed E-state index contributed by atoms with van der Waals surface area (Å²) in [6.45, 7) is 3.70. The lowest BCUT2D eigenvalue weighted by Crippen LogP contribution is -2.23. The SMILES string of the molecule is CCOC(Br)CC1CCCCO1. The molecule has 72 valence electrons. The Kier molecular flexibility index (Phi) is 5.19. The van der Waals surface area contributed by atoms with Crippen LogP contribution in [0.5, 0.6) is 0 Å². The van der Waals surface area contributed by atoms with Crippen molar-refractivity contribution < 1.29 is 9.47 Å². The van der Waals surface area contributed by atoms with Crippen LogP contribution in [0, 0.1) is 0 Å². The van der Waals surface area contributed by atoms with Gasteiger partial charge in [-0.05, 0) is 26.2 Å². The Morgan fingerprint density at radius 1 is 1.58 bits per heavy atom. The van der Waals surface area contributed by atoms with Gasteiger partial charge in [0.25, 0.3) is 0 Å². The highest BCUT2D eigenvalue weighted by Gasteiger charge is 2.17. The van der Waals surface area contributed by atoms with Crippen LogP contribution in [-0.2, 0) is 9.47 Å². The first-order chi connectivity index (χ1) is 5.83. The molecule has 0 aromatic carbocycles. The van der Waals surface area contributed by atoms with Crippen molar-refractivity contribution in [2.45, 2.75) is 43.7 Å². The molecule has 2 atom stereocenters. The van der Waals surface area contributed by atoms with E-state index in [1.807, 2.05) is 6.92 Å². The summed E-state index contributed by atoms with van der Waals surface area (Å²) in [6.07, 6.45) is 5.10. The molecule has 0 aromatic rings. The molecule has 2 nitrogen and oxygen atoms in total. The minimum atomic E-state index is 0.172. The van der Waals surface area contributed by atoms with Crippen LogP contribution in [0.15, 0.2) is 0 Å². The second kappa shape index (κ2) is 5.95. The summed E-state index contributed by atoms with van der Waals surface area (Å²) in [4.78, 5) is 0. The molecular weight excluding hydrogens is 220 g/mol. The van der Waals surface area contributed by atoms with Crippen LogP contribution < -0.4 is 0 Å². The van der Waals surface area contributed by atoms with Gasteiger partial charge in [0.15, 0.2) is 0 Å².